The van der Waals surface area contributed by atoms with E-state index in [2.05, 4.69) is 4.72 Å². The number of amides is 1. The monoisotopic (exact) mass is 442 g/mol. The number of halogens is 2. The van der Waals surface area contributed by atoms with Crippen molar-refractivity contribution in [3.05, 3.63) is 64.9 Å². The highest BCUT2D eigenvalue weighted by molar-refractivity contribution is 7.90. The number of hydrogen-bond donors (Lipinski definition) is 1. The third-order valence-electron chi connectivity index (χ3n) is 4.81. The van der Waals surface area contributed by atoms with Gasteiger partial charge in [0.1, 0.15) is 11.6 Å². The molecule has 0 aromatic heterocycles. The molecule has 2 aromatic carbocycles. The quantitative estimate of drug-likeness (QED) is 0.714. The first kappa shape index (κ1) is 21.5. The molecule has 3 rings (SSSR count). The smallest absolute Gasteiger partial charge is 0.260 e. The van der Waals surface area contributed by atoms with Gasteiger partial charge in [-0.15, -0.1) is 0 Å². The molecular weight excluding hydrogens is 419 g/mol. The molecule has 1 aliphatic rings. The summed E-state index contributed by atoms with van der Waals surface area (Å²) in [5.41, 5.74) is 0.890. The predicted molar refractivity (Wildman–Crippen MR) is 111 cm³/mol. The van der Waals surface area contributed by atoms with Gasteiger partial charge < -0.3 is 9.64 Å². The lowest BCUT2D eigenvalue weighted by Crippen LogP contribution is -2.46. The van der Waals surface area contributed by atoms with Gasteiger partial charge in [0.2, 0.25) is 10.0 Å². The zero-order valence-electron chi connectivity index (χ0n) is 15.7. The Morgan fingerprint density at radius 3 is 2.55 bits per heavy atom. The van der Waals surface area contributed by atoms with Crippen LogP contribution in [0.15, 0.2) is 48.5 Å². The fraction of sp³-hybridized carbons (Fsp3) is 0.350. The minimum atomic E-state index is -3.46. The zero-order chi connectivity index (χ0) is 20.9. The third-order valence-corrected chi connectivity index (χ3v) is 6.99. The lowest BCUT2D eigenvalue weighted by Gasteiger charge is -2.31. The first-order chi connectivity index (χ1) is 13.8. The van der Waals surface area contributed by atoms with Crippen LogP contribution in [0, 0.1) is 5.82 Å². The minimum absolute atomic E-state index is 0. The maximum Gasteiger partial charge on any atom is 0.260 e. The van der Waals surface area contributed by atoms with E-state index in [4.69, 9.17) is 16.3 Å². The van der Waals surface area contributed by atoms with E-state index in [9.17, 15) is 17.6 Å². The van der Waals surface area contributed by atoms with Crippen molar-refractivity contribution in [1.82, 2.24) is 9.62 Å². The highest BCUT2D eigenvalue weighted by atomic mass is 35.5. The van der Waals surface area contributed by atoms with E-state index in [1.54, 1.807) is 4.90 Å². The van der Waals surface area contributed by atoms with Crippen LogP contribution >= 0.6 is 11.6 Å². The molecule has 1 N–H and O–H groups in total. The molecule has 0 aliphatic carbocycles. The van der Waals surface area contributed by atoms with Gasteiger partial charge in [0.15, 0.2) is 6.61 Å². The molecule has 2 aromatic rings. The molecule has 1 amide bonds. The predicted octanol–water partition coefficient (Wildman–Crippen LogP) is 3.21. The summed E-state index contributed by atoms with van der Waals surface area (Å²) in [6.07, 6.45) is 0.719. The van der Waals surface area contributed by atoms with E-state index < -0.39 is 21.1 Å². The Morgan fingerprint density at radius 2 is 1.90 bits per heavy atom. The largest absolute Gasteiger partial charge is 0.484 e. The first-order valence-corrected chi connectivity index (χ1v) is 11.2. The van der Waals surface area contributed by atoms with E-state index in [0.29, 0.717) is 31.7 Å². The van der Waals surface area contributed by atoms with Crippen LogP contribution in [-0.2, 0) is 21.4 Å². The fourth-order valence-corrected chi connectivity index (χ4v) is 4.72. The number of nitrogens with zero attached hydrogens (tertiary/aromatic N) is 1. The van der Waals surface area contributed by atoms with Crippen molar-refractivity contribution in [1.29, 1.82) is 0 Å². The van der Waals surface area contributed by atoms with Gasteiger partial charge in [0.25, 0.3) is 5.91 Å². The molecule has 0 radical (unpaired) electrons. The second-order valence-electron chi connectivity index (χ2n) is 6.80. The van der Waals surface area contributed by atoms with Gasteiger partial charge >= 0.3 is 0 Å². The number of rotatable bonds is 7. The number of hydrogen-bond acceptors (Lipinski definition) is 4. The summed E-state index contributed by atoms with van der Waals surface area (Å²) in [7, 11) is -3.46. The molecule has 1 fully saturated rings. The molecule has 6 nitrogen and oxygen atoms in total. The number of sulfonamides is 1. The molecular formula is C20H24ClFN2O4S. The van der Waals surface area contributed by atoms with E-state index in [0.717, 1.165) is 5.56 Å². The van der Waals surface area contributed by atoms with Crippen molar-refractivity contribution in [3.63, 3.8) is 0 Å². The zero-order valence-corrected chi connectivity index (χ0v) is 17.3. The van der Waals surface area contributed by atoms with Gasteiger partial charge in [0.05, 0.1) is 10.3 Å². The molecule has 1 aliphatic heterocycles. The highest BCUT2D eigenvalue weighted by Crippen LogP contribution is 2.22. The summed E-state index contributed by atoms with van der Waals surface area (Å²) in [5.74, 6) is -0.514. The average Bonchev–Trinajstić information content (AvgIpc) is 2.74. The molecule has 0 atom stereocenters. The summed E-state index contributed by atoms with van der Waals surface area (Å²) in [4.78, 5) is 13.9. The summed E-state index contributed by atoms with van der Waals surface area (Å²) < 4.78 is 46.2. The fourth-order valence-electron chi connectivity index (χ4n) is 3.12. The molecule has 1 saturated heterocycles. The number of likely N-dealkylation sites (tertiary alicyclic amines) is 1. The molecule has 29 heavy (non-hydrogen) atoms. The van der Waals surface area contributed by atoms with Crippen LogP contribution in [0.4, 0.5) is 4.39 Å². The van der Waals surface area contributed by atoms with Crippen molar-refractivity contribution >= 4 is 27.5 Å². The van der Waals surface area contributed by atoms with Gasteiger partial charge in [-0.2, -0.15) is 0 Å². The Balaban J connectivity index is 0.00000320. The molecule has 0 spiro atoms. The summed E-state index contributed by atoms with van der Waals surface area (Å²) >= 11 is 5.69. The molecule has 0 unspecified atom stereocenters. The number of carbonyl (C=O) groups is 1. The van der Waals surface area contributed by atoms with Crippen molar-refractivity contribution in [2.75, 3.05) is 19.7 Å². The van der Waals surface area contributed by atoms with E-state index in [1.165, 1.54) is 18.2 Å². The van der Waals surface area contributed by atoms with Crippen LogP contribution in [0.3, 0.4) is 0 Å². The lowest BCUT2D eigenvalue weighted by molar-refractivity contribution is -0.134. The Hall–Kier alpha value is -2.16. The summed E-state index contributed by atoms with van der Waals surface area (Å²) in [5, 5.41) is -0.615. The van der Waals surface area contributed by atoms with E-state index >= 15 is 0 Å². The number of nitrogens with one attached hydrogen (secondary N) is 1. The number of benzene rings is 2. The van der Waals surface area contributed by atoms with Crippen LogP contribution in [0.1, 0.15) is 19.8 Å². The minimum Gasteiger partial charge on any atom is -0.484 e. The van der Waals surface area contributed by atoms with Crippen LogP contribution in [0.2, 0.25) is 5.02 Å². The van der Waals surface area contributed by atoms with Gasteiger partial charge in [-0.25, -0.2) is 17.5 Å². The van der Waals surface area contributed by atoms with E-state index in [-0.39, 0.29) is 25.5 Å². The second-order valence-corrected chi connectivity index (χ2v) is 9.25. The summed E-state index contributed by atoms with van der Waals surface area (Å²) in [6, 6.07) is 13.2. The molecule has 0 bridgehead atoms. The summed E-state index contributed by atoms with van der Waals surface area (Å²) in [6.45, 7) is 0.703. The number of carbonyl (C=O) groups excluding carboxylic acids is 1. The second kappa shape index (κ2) is 9.56. The average molecular weight is 443 g/mol. The van der Waals surface area contributed by atoms with Gasteiger partial charge in [-0.05, 0) is 30.5 Å². The van der Waals surface area contributed by atoms with Gasteiger partial charge in [0, 0.05) is 27.1 Å². The van der Waals surface area contributed by atoms with Crippen LogP contribution in [-0.4, -0.2) is 44.2 Å². The van der Waals surface area contributed by atoms with Crippen molar-refractivity contribution in [2.24, 2.45) is 0 Å². The van der Waals surface area contributed by atoms with Crippen molar-refractivity contribution < 1.29 is 23.8 Å². The van der Waals surface area contributed by atoms with Gasteiger partial charge in [-0.1, -0.05) is 41.9 Å². The molecule has 1 heterocycles. The maximum absolute atomic E-state index is 13.2. The van der Waals surface area contributed by atoms with Crippen molar-refractivity contribution in [2.45, 2.75) is 24.6 Å². The Kier molecular flexibility index (Phi) is 7.10. The SMILES string of the molecule is O=C(COc1ccc(F)c(Cl)c1)N1CCC(S(=O)(=O)NCc2ccccc2)CC1.[HH]. The number of piperidine rings is 1. The maximum atomic E-state index is 13.2. The van der Waals surface area contributed by atoms with Gasteiger partial charge in [-0.3, -0.25) is 4.79 Å². The highest BCUT2D eigenvalue weighted by Gasteiger charge is 2.31. The topological polar surface area (TPSA) is 75.7 Å². The van der Waals surface area contributed by atoms with Crippen molar-refractivity contribution in [3.8, 4) is 5.75 Å². The Morgan fingerprint density at radius 1 is 1.21 bits per heavy atom. The lowest BCUT2D eigenvalue weighted by atomic mass is 10.1. The standard InChI is InChI=1S/C20H22ClFN2O4S.H2/c21-18-12-16(6-7-19(18)22)28-14-20(25)24-10-8-17(9-11-24)29(26,27)23-13-15-4-2-1-3-5-15;/h1-7,12,17,23H,8-11,13-14H2;1H. The molecule has 0 saturated carbocycles. The first-order valence-electron chi connectivity index (χ1n) is 9.23. The van der Waals surface area contributed by atoms with Crippen LogP contribution in [0.25, 0.3) is 0 Å². The third kappa shape index (κ3) is 5.91. The van der Waals surface area contributed by atoms with Crippen LogP contribution in [0.5, 0.6) is 5.75 Å². The Bertz CT molecular complexity index is 955. The molecule has 158 valence electrons. The van der Waals surface area contributed by atoms with E-state index in [1.807, 2.05) is 30.3 Å². The Labute approximate surface area is 176 Å². The molecule has 9 heteroatoms. The number of ether oxygens (including phenoxy) is 1. The van der Waals surface area contributed by atoms with Crippen LogP contribution < -0.4 is 9.46 Å². The normalized spacial score (nSPS) is 15.3.